The molecule has 27 heavy (non-hydrogen) atoms. The van der Waals surface area contributed by atoms with Gasteiger partial charge in [0.1, 0.15) is 11.8 Å². The van der Waals surface area contributed by atoms with Crippen LogP contribution in [0.1, 0.15) is 24.1 Å². The number of hydrogen-bond donors (Lipinski definition) is 2. The summed E-state index contributed by atoms with van der Waals surface area (Å²) in [5.74, 6) is 0.141. The number of esters is 1. The van der Waals surface area contributed by atoms with Gasteiger partial charge >= 0.3 is 12.0 Å². The molecule has 144 valence electrons. The monoisotopic (exact) mass is 482 g/mol. The van der Waals surface area contributed by atoms with Crippen LogP contribution in [0.15, 0.2) is 48.5 Å². The lowest BCUT2D eigenvalue weighted by atomic mass is 10.0. The summed E-state index contributed by atoms with van der Waals surface area (Å²) >= 11 is 2.19. The highest BCUT2D eigenvalue weighted by Gasteiger charge is 2.24. The van der Waals surface area contributed by atoms with Gasteiger partial charge in [-0.05, 0) is 58.8 Å². The number of urea groups is 1. The maximum atomic E-state index is 12.4. The van der Waals surface area contributed by atoms with Crippen molar-refractivity contribution in [3.8, 4) is 5.75 Å². The molecule has 2 atom stereocenters. The summed E-state index contributed by atoms with van der Waals surface area (Å²) in [5, 5.41) is 5.55. The number of carbonyl (C=O) groups is 2. The first-order valence-corrected chi connectivity index (χ1v) is 9.54. The van der Waals surface area contributed by atoms with E-state index in [0.717, 1.165) is 14.7 Å². The van der Waals surface area contributed by atoms with Gasteiger partial charge in [-0.25, -0.2) is 9.59 Å². The van der Waals surface area contributed by atoms with Crippen LogP contribution in [-0.4, -0.2) is 32.3 Å². The second kappa shape index (κ2) is 10.1. The Morgan fingerprint density at radius 2 is 1.78 bits per heavy atom. The molecule has 0 saturated heterocycles. The molecule has 2 amide bonds. The van der Waals surface area contributed by atoms with Crippen LogP contribution in [0, 0.1) is 3.57 Å². The average Bonchev–Trinajstić information content (AvgIpc) is 2.67. The third-order valence-electron chi connectivity index (χ3n) is 4.10. The Labute approximate surface area is 172 Å². The van der Waals surface area contributed by atoms with Gasteiger partial charge in [-0.15, -0.1) is 0 Å². The number of ether oxygens (including phenoxy) is 2. The normalized spacial score (nSPS) is 12.6. The summed E-state index contributed by atoms with van der Waals surface area (Å²) in [6, 6.07) is 13.8. The van der Waals surface area contributed by atoms with Gasteiger partial charge in [0.2, 0.25) is 0 Å². The highest BCUT2D eigenvalue weighted by molar-refractivity contribution is 14.1. The maximum absolute atomic E-state index is 12.4. The molecule has 6 nitrogen and oxygen atoms in total. The van der Waals surface area contributed by atoms with Gasteiger partial charge < -0.3 is 20.1 Å². The molecule has 2 aromatic rings. The molecule has 7 heteroatoms. The van der Waals surface area contributed by atoms with E-state index in [1.165, 1.54) is 7.11 Å². The molecule has 2 aromatic carbocycles. The lowest BCUT2D eigenvalue weighted by Crippen LogP contribution is -2.48. The predicted molar refractivity (Wildman–Crippen MR) is 112 cm³/mol. The van der Waals surface area contributed by atoms with Crippen molar-refractivity contribution in [2.45, 2.75) is 25.4 Å². The minimum Gasteiger partial charge on any atom is -0.496 e. The molecule has 0 aliphatic heterocycles. The van der Waals surface area contributed by atoms with Gasteiger partial charge in [-0.2, -0.15) is 0 Å². The van der Waals surface area contributed by atoms with Crippen molar-refractivity contribution in [3.05, 3.63) is 63.2 Å². The Hall–Kier alpha value is -2.29. The predicted octanol–water partition coefficient (Wildman–Crippen LogP) is 3.44. The summed E-state index contributed by atoms with van der Waals surface area (Å²) in [6.45, 7) is 1.88. The van der Waals surface area contributed by atoms with Crippen molar-refractivity contribution >= 4 is 34.6 Å². The van der Waals surface area contributed by atoms with Crippen LogP contribution >= 0.6 is 22.6 Å². The van der Waals surface area contributed by atoms with E-state index in [0.29, 0.717) is 5.75 Å². The van der Waals surface area contributed by atoms with E-state index in [2.05, 4.69) is 33.2 Å². The zero-order valence-electron chi connectivity index (χ0n) is 15.5. The van der Waals surface area contributed by atoms with Crippen molar-refractivity contribution in [1.82, 2.24) is 10.6 Å². The smallest absolute Gasteiger partial charge is 0.328 e. The van der Waals surface area contributed by atoms with Crippen molar-refractivity contribution in [1.29, 1.82) is 0 Å². The standard InChI is InChI=1S/C20H23IN2O4/c1-13(14-7-5-4-6-8-14)22-20(25)23-17(19(24)27-3)12-15-11-16(21)9-10-18(15)26-2/h4-11,13,17H,12H2,1-3H3,(H2,22,23,25)/t13-,17-/m0/s1. The van der Waals surface area contributed by atoms with Crippen LogP contribution in [0.25, 0.3) is 0 Å². The van der Waals surface area contributed by atoms with Crippen LogP contribution < -0.4 is 15.4 Å². The van der Waals surface area contributed by atoms with E-state index >= 15 is 0 Å². The highest BCUT2D eigenvalue weighted by atomic mass is 127. The maximum Gasteiger partial charge on any atom is 0.328 e. The van der Waals surface area contributed by atoms with E-state index in [4.69, 9.17) is 9.47 Å². The van der Waals surface area contributed by atoms with Gasteiger partial charge in [0.05, 0.1) is 20.3 Å². The third kappa shape index (κ3) is 6.13. The molecule has 0 saturated carbocycles. The molecule has 0 spiro atoms. The first-order valence-electron chi connectivity index (χ1n) is 8.46. The van der Waals surface area contributed by atoms with Gasteiger partial charge in [0.15, 0.2) is 0 Å². The molecule has 0 aromatic heterocycles. The minimum atomic E-state index is -0.829. The lowest BCUT2D eigenvalue weighted by Gasteiger charge is -2.20. The number of amides is 2. The Bertz CT molecular complexity index is 783. The Kier molecular flexibility index (Phi) is 7.90. The van der Waals surface area contributed by atoms with Crippen molar-refractivity contribution in [3.63, 3.8) is 0 Å². The molecule has 0 aliphatic carbocycles. The van der Waals surface area contributed by atoms with Crippen LogP contribution in [0.5, 0.6) is 5.75 Å². The molecule has 0 aliphatic rings. The second-order valence-corrected chi connectivity index (χ2v) is 7.23. The number of rotatable bonds is 7. The first kappa shape index (κ1) is 21.0. The van der Waals surface area contributed by atoms with Crippen LogP contribution in [-0.2, 0) is 16.0 Å². The summed E-state index contributed by atoms with van der Waals surface area (Å²) < 4.78 is 11.2. The largest absolute Gasteiger partial charge is 0.496 e. The van der Waals surface area contributed by atoms with Gasteiger partial charge in [0.25, 0.3) is 0 Å². The number of halogens is 1. The Morgan fingerprint density at radius 1 is 1.07 bits per heavy atom. The fourth-order valence-corrected chi connectivity index (χ4v) is 3.24. The number of methoxy groups -OCH3 is 2. The molecule has 2 rings (SSSR count). The fourth-order valence-electron chi connectivity index (χ4n) is 2.68. The molecule has 0 fully saturated rings. The Balaban J connectivity index is 2.09. The molecule has 0 bridgehead atoms. The number of hydrogen-bond acceptors (Lipinski definition) is 4. The first-order chi connectivity index (χ1) is 12.9. The van der Waals surface area contributed by atoms with Gasteiger partial charge in [-0.3, -0.25) is 0 Å². The molecule has 0 unspecified atom stereocenters. The summed E-state index contributed by atoms with van der Waals surface area (Å²) in [7, 11) is 2.87. The lowest BCUT2D eigenvalue weighted by molar-refractivity contribution is -0.142. The molecule has 0 radical (unpaired) electrons. The molecular weight excluding hydrogens is 459 g/mol. The SMILES string of the molecule is COC(=O)[C@H](Cc1cc(I)ccc1OC)NC(=O)N[C@@H](C)c1ccccc1. The van der Waals surface area contributed by atoms with E-state index in [1.807, 2.05) is 55.5 Å². The van der Waals surface area contributed by atoms with E-state index in [9.17, 15) is 9.59 Å². The number of nitrogens with one attached hydrogen (secondary N) is 2. The van der Waals surface area contributed by atoms with Crippen LogP contribution in [0.2, 0.25) is 0 Å². The number of carbonyl (C=O) groups excluding carboxylic acids is 2. The average molecular weight is 482 g/mol. The quantitative estimate of drug-likeness (QED) is 0.469. The highest BCUT2D eigenvalue weighted by Crippen LogP contribution is 2.22. The van der Waals surface area contributed by atoms with E-state index < -0.39 is 18.0 Å². The Morgan fingerprint density at radius 3 is 2.41 bits per heavy atom. The zero-order chi connectivity index (χ0) is 19.8. The van der Waals surface area contributed by atoms with Crippen molar-refractivity contribution in [2.75, 3.05) is 14.2 Å². The second-order valence-electron chi connectivity index (χ2n) is 5.99. The van der Waals surface area contributed by atoms with E-state index in [-0.39, 0.29) is 12.5 Å². The van der Waals surface area contributed by atoms with Gasteiger partial charge in [-0.1, -0.05) is 30.3 Å². The van der Waals surface area contributed by atoms with Gasteiger partial charge in [0, 0.05) is 9.99 Å². The fraction of sp³-hybridized carbons (Fsp3) is 0.300. The molecule has 2 N–H and O–H groups in total. The molecule has 0 heterocycles. The summed E-state index contributed by atoms with van der Waals surface area (Å²) in [6.07, 6.45) is 0.264. The van der Waals surface area contributed by atoms with Crippen molar-refractivity contribution in [2.24, 2.45) is 0 Å². The third-order valence-corrected chi connectivity index (χ3v) is 4.78. The van der Waals surface area contributed by atoms with Crippen molar-refractivity contribution < 1.29 is 19.1 Å². The zero-order valence-corrected chi connectivity index (χ0v) is 17.6. The minimum absolute atomic E-state index is 0.197. The number of benzene rings is 2. The van der Waals surface area contributed by atoms with Crippen LogP contribution in [0.4, 0.5) is 4.79 Å². The molecular formula is C20H23IN2O4. The summed E-state index contributed by atoms with van der Waals surface area (Å²) in [4.78, 5) is 24.6. The summed E-state index contributed by atoms with van der Waals surface area (Å²) in [5.41, 5.74) is 1.79. The van der Waals surface area contributed by atoms with E-state index in [1.54, 1.807) is 7.11 Å². The topological polar surface area (TPSA) is 76.7 Å². The van der Waals surface area contributed by atoms with Crippen LogP contribution in [0.3, 0.4) is 0 Å².